The highest BCUT2D eigenvalue weighted by Gasteiger charge is 2.02. The Morgan fingerprint density at radius 2 is 2.06 bits per heavy atom. The van der Waals surface area contributed by atoms with Gasteiger partial charge >= 0.3 is 5.97 Å². The smallest absolute Gasteiger partial charge is 0.303 e. The van der Waals surface area contributed by atoms with Crippen LogP contribution in [0.4, 0.5) is 0 Å². The summed E-state index contributed by atoms with van der Waals surface area (Å²) in [5, 5.41) is 9.65. The molecule has 0 saturated heterocycles. The number of pyridine rings is 1. The van der Waals surface area contributed by atoms with E-state index in [0.717, 1.165) is 21.1 Å². The van der Waals surface area contributed by atoms with Crippen molar-refractivity contribution in [3.05, 3.63) is 40.5 Å². The normalized spacial score (nSPS) is 10.6. The van der Waals surface area contributed by atoms with Crippen LogP contribution in [0.3, 0.4) is 0 Å². The van der Waals surface area contributed by atoms with E-state index in [1.54, 1.807) is 0 Å². The van der Waals surface area contributed by atoms with Crippen LogP contribution in [0.1, 0.15) is 12.1 Å². The Hall–Kier alpha value is -1.42. The molecule has 4 heteroatoms. The third kappa shape index (κ3) is 2.58. The van der Waals surface area contributed by atoms with Crippen molar-refractivity contribution in [1.29, 1.82) is 0 Å². The number of carboxylic acid groups (broad SMARTS) is 1. The summed E-state index contributed by atoms with van der Waals surface area (Å²) in [6, 6.07) is 9.71. The van der Waals surface area contributed by atoms with Gasteiger partial charge in [-0.25, -0.2) is 0 Å². The molecule has 0 fully saturated rings. The molecule has 0 spiro atoms. The summed E-state index contributed by atoms with van der Waals surface area (Å²) >= 11 is 3.39. The summed E-state index contributed by atoms with van der Waals surface area (Å²) < 4.78 is 0.975. The maximum absolute atomic E-state index is 10.5. The molecule has 0 aliphatic heterocycles. The summed E-state index contributed by atoms with van der Waals surface area (Å²) in [7, 11) is 0. The van der Waals surface area contributed by atoms with Crippen LogP contribution in [0.15, 0.2) is 34.8 Å². The highest BCUT2D eigenvalue weighted by Crippen LogP contribution is 2.18. The first-order valence-electron chi connectivity index (χ1n) is 4.92. The van der Waals surface area contributed by atoms with Gasteiger partial charge in [0, 0.05) is 22.0 Å². The maximum atomic E-state index is 10.5. The van der Waals surface area contributed by atoms with Crippen LogP contribution in [0.2, 0.25) is 0 Å². The Kier molecular flexibility index (Phi) is 3.19. The van der Waals surface area contributed by atoms with Crippen molar-refractivity contribution in [1.82, 2.24) is 4.98 Å². The van der Waals surface area contributed by atoms with Gasteiger partial charge < -0.3 is 5.11 Å². The van der Waals surface area contributed by atoms with Crippen molar-refractivity contribution in [3.63, 3.8) is 0 Å². The van der Waals surface area contributed by atoms with Gasteiger partial charge in [0.2, 0.25) is 0 Å². The number of fused-ring (bicyclic) bond motifs is 1. The van der Waals surface area contributed by atoms with Gasteiger partial charge in [0.15, 0.2) is 0 Å². The van der Waals surface area contributed by atoms with Crippen molar-refractivity contribution in [3.8, 4) is 0 Å². The minimum Gasteiger partial charge on any atom is -0.481 e. The lowest BCUT2D eigenvalue weighted by Gasteiger charge is -2.02. The number of hydrogen-bond donors (Lipinski definition) is 1. The second-order valence-corrected chi connectivity index (χ2v) is 4.45. The summed E-state index contributed by atoms with van der Waals surface area (Å²) in [4.78, 5) is 14.9. The van der Waals surface area contributed by atoms with E-state index in [9.17, 15) is 4.79 Å². The van der Waals surface area contributed by atoms with E-state index in [4.69, 9.17) is 5.11 Å². The van der Waals surface area contributed by atoms with Gasteiger partial charge in [-0.2, -0.15) is 0 Å². The lowest BCUT2D eigenvalue weighted by Crippen LogP contribution is -1.99. The minimum atomic E-state index is -0.795. The average Bonchev–Trinajstić information content (AvgIpc) is 2.25. The van der Waals surface area contributed by atoms with E-state index in [1.807, 2.05) is 30.3 Å². The van der Waals surface area contributed by atoms with Gasteiger partial charge in [0.25, 0.3) is 0 Å². The number of nitrogens with zero attached hydrogens (tertiary/aromatic N) is 1. The van der Waals surface area contributed by atoms with Crippen LogP contribution in [0.25, 0.3) is 10.9 Å². The second-order valence-electron chi connectivity index (χ2n) is 3.53. The van der Waals surface area contributed by atoms with Gasteiger partial charge in [0.1, 0.15) is 0 Å². The molecule has 0 radical (unpaired) electrons. The van der Waals surface area contributed by atoms with E-state index in [-0.39, 0.29) is 6.42 Å². The van der Waals surface area contributed by atoms with E-state index in [2.05, 4.69) is 20.9 Å². The monoisotopic (exact) mass is 279 g/mol. The van der Waals surface area contributed by atoms with E-state index in [0.29, 0.717) is 6.42 Å². The van der Waals surface area contributed by atoms with Crippen molar-refractivity contribution in [2.75, 3.05) is 0 Å². The lowest BCUT2D eigenvalue weighted by molar-refractivity contribution is -0.136. The number of aliphatic carboxylic acids is 1. The first kappa shape index (κ1) is 11.1. The third-order valence-electron chi connectivity index (χ3n) is 2.31. The third-order valence-corrected chi connectivity index (χ3v) is 2.80. The standard InChI is InChI=1S/C12H10BrNO2/c13-9-3-1-8-2-4-10(5-6-12(15)16)14-11(8)7-9/h1-4,7H,5-6H2,(H,15,16). The Morgan fingerprint density at radius 1 is 1.31 bits per heavy atom. The largest absolute Gasteiger partial charge is 0.481 e. The number of hydrogen-bond acceptors (Lipinski definition) is 2. The molecule has 1 heterocycles. The number of halogens is 1. The maximum Gasteiger partial charge on any atom is 0.303 e. The Balaban J connectivity index is 2.31. The Morgan fingerprint density at radius 3 is 2.81 bits per heavy atom. The minimum absolute atomic E-state index is 0.118. The predicted octanol–water partition coefficient (Wildman–Crippen LogP) is 3.01. The van der Waals surface area contributed by atoms with Gasteiger partial charge in [-0.3, -0.25) is 9.78 Å². The van der Waals surface area contributed by atoms with Crippen molar-refractivity contribution >= 4 is 32.8 Å². The molecule has 2 aromatic rings. The summed E-state index contributed by atoms with van der Waals surface area (Å²) in [5.74, 6) is -0.795. The van der Waals surface area contributed by atoms with Crippen molar-refractivity contribution in [2.24, 2.45) is 0 Å². The molecule has 0 amide bonds. The molecule has 16 heavy (non-hydrogen) atoms. The molecule has 0 aliphatic rings. The van der Waals surface area contributed by atoms with Crippen LogP contribution >= 0.6 is 15.9 Å². The number of aryl methyl sites for hydroxylation is 1. The molecule has 0 aliphatic carbocycles. The van der Waals surface area contributed by atoms with Crippen LogP contribution in [0, 0.1) is 0 Å². The highest BCUT2D eigenvalue weighted by molar-refractivity contribution is 9.10. The number of benzene rings is 1. The van der Waals surface area contributed by atoms with Gasteiger partial charge in [-0.05, 0) is 18.2 Å². The molecule has 82 valence electrons. The topological polar surface area (TPSA) is 50.2 Å². The highest BCUT2D eigenvalue weighted by atomic mass is 79.9. The van der Waals surface area contributed by atoms with Crippen LogP contribution in [-0.2, 0) is 11.2 Å². The average molecular weight is 280 g/mol. The number of aromatic nitrogens is 1. The first-order chi connectivity index (χ1) is 7.65. The van der Waals surface area contributed by atoms with Gasteiger partial charge in [0.05, 0.1) is 11.9 Å². The molecule has 0 bridgehead atoms. The zero-order chi connectivity index (χ0) is 11.5. The lowest BCUT2D eigenvalue weighted by atomic mass is 10.1. The molecule has 1 N–H and O–H groups in total. The molecule has 1 aromatic carbocycles. The molecule has 3 nitrogen and oxygen atoms in total. The molecular weight excluding hydrogens is 270 g/mol. The number of carbonyl (C=O) groups is 1. The molecule has 0 unspecified atom stereocenters. The summed E-state index contributed by atoms with van der Waals surface area (Å²) in [6.45, 7) is 0. The zero-order valence-electron chi connectivity index (χ0n) is 8.48. The fraction of sp³-hybridized carbons (Fsp3) is 0.167. The molecule has 0 atom stereocenters. The Bertz CT molecular complexity index is 540. The van der Waals surface area contributed by atoms with Gasteiger partial charge in [-0.1, -0.05) is 28.1 Å². The summed E-state index contributed by atoms with van der Waals surface area (Å²) in [6.07, 6.45) is 0.588. The van der Waals surface area contributed by atoms with Crippen LogP contribution in [-0.4, -0.2) is 16.1 Å². The van der Waals surface area contributed by atoms with Crippen LogP contribution < -0.4 is 0 Å². The quantitative estimate of drug-likeness (QED) is 0.940. The Labute approximate surface area is 101 Å². The van der Waals surface area contributed by atoms with Crippen LogP contribution in [0.5, 0.6) is 0 Å². The fourth-order valence-corrected chi connectivity index (χ4v) is 1.86. The van der Waals surface area contributed by atoms with E-state index < -0.39 is 5.97 Å². The molecule has 0 saturated carbocycles. The summed E-state index contributed by atoms with van der Waals surface area (Å²) in [5.41, 5.74) is 1.70. The second kappa shape index (κ2) is 4.61. The van der Waals surface area contributed by atoms with Crippen molar-refractivity contribution in [2.45, 2.75) is 12.8 Å². The predicted molar refractivity (Wildman–Crippen MR) is 65.4 cm³/mol. The number of rotatable bonds is 3. The van der Waals surface area contributed by atoms with Crippen molar-refractivity contribution < 1.29 is 9.90 Å². The van der Waals surface area contributed by atoms with Gasteiger partial charge in [-0.15, -0.1) is 0 Å². The SMILES string of the molecule is O=C(O)CCc1ccc2ccc(Br)cc2n1. The molecule has 2 rings (SSSR count). The number of carboxylic acids is 1. The molecule has 1 aromatic heterocycles. The van der Waals surface area contributed by atoms with E-state index in [1.165, 1.54) is 0 Å². The fourth-order valence-electron chi connectivity index (χ4n) is 1.51. The molecular formula is C12H10BrNO2. The zero-order valence-corrected chi connectivity index (χ0v) is 10.1. The van der Waals surface area contributed by atoms with E-state index >= 15 is 0 Å². The first-order valence-corrected chi connectivity index (χ1v) is 5.71.